The zero-order valence-electron chi connectivity index (χ0n) is 26.0. The first-order chi connectivity index (χ1) is 20.1. The Morgan fingerprint density at radius 1 is 0.902 bits per heavy atom. The van der Waals surface area contributed by atoms with Crippen molar-refractivity contribution in [3.05, 3.63) is 47.7 Å². The van der Waals surface area contributed by atoms with Crippen LogP contribution >= 0.6 is 11.7 Å². The van der Waals surface area contributed by atoms with Gasteiger partial charge in [0.1, 0.15) is 12.2 Å². The van der Waals surface area contributed by atoms with Gasteiger partial charge in [-0.15, -0.1) is 4.37 Å². The topological polar surface area (TPSA) is 61.3 Å². The third-order valence-electron chi connectivity index (χ3n) is 8.26. The van der Waals surface area contributed by atoms with E-state index in [0.29, 0.717) is 29.8 Å². The number of carbonyl (C=O) groups is 1. The number of ether oxygens (including phenoxy) is 2. The zero-order chi connectivity index (χ0) is 29.2. The van der Waals surface area contributed by atoms with Crippen LogP contribution in [-0.4, -0.2) is 52.2 Å². The molecule has 1 aliphatic heterocycles. The van der Waals surface area contributed by atoms with E-state index in [9.17, 15) is 4.79 Å². The minimum Gasteiger partial charge on any atom is -0.475 e. The van der Waals surface area contributed by atoms with Gasteiger partial charge in [-0.25, -0.2) is 0 Å². The molecule has 0 spiro atoms. The smallest absolute Gasteiger partial charge is 0.310 e. The van der Waals surface area contributed by atoms with Gasteiger partial charge in [-0.3, -0.25) is 9.28 Å². The molecule has 0 saturated heterocycles. The van der Waals surface area contributed by atoms with E-state index in [-0.39, 0.29) is 12.2 Å². The van der Waals surface area contributed by atoms with Gasteiger partial charge in [-0.1, -0.05) is 121 Å². The number of hydrogen-bond acceptors (Lipinski definition) is 6. The highest BCUT2D eigenvalue weighted by Crippen LogP contribution is 2.32. The molecule has 1 aliphatic rings. The van der Waals surface area contributed by atoms with Crippen LogP contribution < -0.4 is 4.74 Å². The molecule has 1 aromatic heterocycles. The Kier molecular flexibility index (Phi) is 15.4. The number of benzene rings is 1. The van der Waals surface area contributed by atoms with Crippen LogP contribution in [-0.2, 0) is 16.0 Å². The van der Waals surface area contributed by atoms with Crippen LogP contribution in [0.1, 0.15) is 121 Å². The molecule has 2 unspecified atom stereocenters. The van der Waals surface area contributed by atoms with Crippen molar-refractivity contribution in [2.45, 2.75) is 123 Å². The molecule has 1 aromatic carbocycles. The highest BCUT2D eigenvalue weighted by molar-refractivity contribution is 6.99. The highest BCUT2D eigenvalue weighted by atomic mass is 32.1. The van der Waals surface area contributed by atoms with Crippen molar-refractivity contribution in [2.75, 3.05) is 26.7 Å². The SMILES string of the molecule is CCCCCCCCCCCC(=O)OC(Cc1ccccc1)[N+]1(C)CCC=C(c2nsnc2OCCCCCC)C1. The molecule has 2 heterocycles. The number of carbonyl (C=O) groups excluding carboxylic acids is 1. The Bertz CT molecular complexity index is 1030. The maximum Gasteiger partial charge on any atom is 0.310 e. The van der Waals surface area contributed by atoms with Crippen molar-refractivity contribution < 1.29 is 18.8 Å². The number of rotatable bonds is 21. The summed E-state index contributed by atoms with van der Waals surface area (Å²) in [6, 6.07) is 10.4. The lowest BCUT2D eigenvalue weighted by atomic mass is 10.0. The number of likely N-dealkylation sites (N-methyl/N-ethyl adjacent to an activating group) is 1. The fourth-order valence-electron chi connectivity index (χ4n) is 5.65. The molecule has 3 rings (SSSR count). The van der Waals surface area contributed by atoms with Gasteiger partial charge in [-0.05, 0) is 18.4 Å². The predicted molar refractivity (Wildman–Crippen MR) is 170 cm³/mol. The molecular formula is C34H54N3O3S+. The van der Waals surface area contributed by atoms with Crippen LogP contribution in [0.4, 0.5) is 0 Å². The largest absolute Gasteiger partial charge is 0.475 e. The van der Waals surface area contributed by atoms with Crippen LogP contribution in [0.5, 0.6) is 5.88 Å². The second-order valence-electron chi connectivity index (χ2n) is 11.9. The first-order valence-electron chi connectivity index (χ1n) is 16.3. The first-order valence-corrected chi connectivity index (χ1v) is 17.0. The van der Waals surface area contributed by atoms with Gasteiger partial charge in [-0.2, -0.15) is 4.37 Å². The minimum atomic E-state index is -0.253. The van der Waals surface area contributed by atoms with E-state index < -0.39 is 0 Å². The van der Waals surface area contributed by atoms with Crippen molar-refractivity contribution in [1.82, 2.24) is 8.75 Å². The van der Waals surface area contributed by atoms with E-state index in [4.69, 9.17) is 9.47 Å². The van der Waals surface area contributed by atoms with Crippen LogP contribution in [0.2, 0.25) is 0 Å². The van der Waals surface area contributed by atoms with E-state index >= 15 is 0 Å². The molecule has 0 aliphatic carbocycles. The summed E-state index contributed by atoms with van der Waals surface area (Å²) < 4.78 is 22.1. The Morgan fingerprint density at radius 3 is 2.27 bits per heavy atom. The van der Waals surface area contributed by atoms with Crippen LogP contribution in [0.25, 0.3) is 5.57 Å². The molecule has 0 amide bonds. The van der Waals surface area contributed by atoms with E-state index in [1.165, 1.54) is 81.5 Å². The van der Waals surface area contributed by atoms with Crippen LogP contribution in [0.15, 0.2) is 36.4 Å². The van der Waals surface area contributed by atoms with Crippen molar-refractivity contribution in [2.24, 2.45) is 0 Å². The van der Waals surface area contributed by atoms with Gasteiger partial charge in [0, 0.05) is 18.4 Å². The lowest BCUT2D eigenvalue weighted by molar-refractivity contribution is -0.946. The van der Waals surface area contributed by atoms with Gasteiger partial charge in [0.15, 0.2) is 0 Å². The fraction of sp³-hybridized carbons (Fsp3) is 0.676. The highest BCUT2D eigenvalue weighted by Gasteiger charge is 2.39. The van der Waals surface area contributed by atoms with Gasteiger partial charge in [0.2, 0.25) is 6.23 Å². The van der Waals surface area contributed by atoms with Crippen molar-refractivity contribution >= 4 is 23.3 Å². The molecule has 0 N–H and O–H groups in total. The molecule has 41 heavy (non-hydrogen) atoms. The summed E-state index contributed by atoms with van der Waals surface area (Å²) in [4.78, 5) is 13.1. The number of hydrogen-bond donors (Lipinski definition) is 0. The average molecular weight is 585 g/mol. The molecular weight excluding hydrogens is 530 g/mol. The standard InChI is InChI=1S/C34H54N3O3S/c1-4-6-8-10-11-12-13-14-18-24-32(38)40-31(27-29-21-16-15-17-22-29)37(3)25-20-23-30(28-37)33-34(36-41-35-33)39-26-19-9-7-5-2/h15-17,21-23,31H,4-14,18-20,24-28H2,1-3H3/q+1. The monoisotopic (exact) mass is 584 g/mol. The predicted octanol–water partition coefficient (Wildman–Crippen LogP) is 8.76. The van der Waals surface area contributed by atoms with Crippen LogP contribution in [0, 0.1) is 0 Å². The Balaban J connectivity index is 1.58. The van der Waals surface area contributed by atoms with Gasteiger partial charge >= 0.3 is 5.97 Å². The summed E-state index contributed by atoms with van der Waals surface area (Å²) in [5.41, 5.74) is 3.19. The Hall–Kier alpha value is -2.25. The summed E-state index contributed by atoms with van der Waals surface area (Å²) in [6.07, 6.45) is 19.9. The van der Waals surface area contributed by atoms with Crippen molar-refractivity contribution in [3.63, 3.8) is 0 Å². The summed E-state index contributed by atoms with van der Waals surface area (Å²) in [7, 11) is 2.22. The summed E-state index contributed by atoms with van der Waals surface area (Å²) >= 11 is 1.21. The number of nitrogens with zero attached hydrogens (tertiary/aromatic N) is 3. The summed E-state index contributed by atoms with van der Waals surface area (Å²) in [6.45, 7) is 6.79. The second kappa shape index (κ2) is 19.0. The lowest BCUT2D eigenvalue weighted by Crippen LogP contribution is -2.57. The Morgan fingerprint density at radius 2 is 1.56 bits per heavy atom. The first kappa shape index (κ1) is 33.3. The fourth-order valence-corrected chi connectivity index (χ4v) is 6.18. The number of quaternary nitrogens is 1. The maximum atomic E-state index is 13.1. The molecule has 0 fully saturated rings. The van der Waals surface area contributed by atoms with Crippen molar-refractivity contribution in [3.8, 4) is 5.88 Å². The summed E-state index contributed by atoms with van der Waals surface area (Å²) in [5, 5.41) is 0. The molecule has 7 heteroatoms. The third-order valence-corrected chi connectivity index (χ3v) is 8.77. The molecule has 2 aromatic rings. The number of unbranched alkanes of at least 4 members (excludes halogenated alkanes) is 11. The molecule has 6 nitrogen and oxygen atoms in total. The van der Waals surface area contributed by atoms with Gasteiger partial charge < -0.3 is 9.47 Å². The normalized spacial score (nSPS) is 17.7. The quantitative estimate of drug-likeness (QED) is 0.0834. The average Bonchev–Trinajstić information content (AvgIpc) is 3.45. The maximum absolute atomic E-state index is 13.1. The third kappa shape index (κ3) is 11.9. The molecule has 0 radical (unpaired) electrons. The van der Waals surface area contributed by atoms with E-state index in [1.54, 1.807) is 0 Å². The molecule has 0 saturated carbocycles. The second-order valence-corrected chi connectivity index (χ2v) is 12.4. The van der Waals surface area contributed by atoms with E-state index in [2.05, 4.69) is 60.0 Å². The summed E-state index contributed by atoms with van der Waals surface area (Å²) in [5.74, 6) is 0.573. The van der Waals surface area contributed by atoms with Crippen LogP contribution in [0.3, 0.4) is 0 Å². The van der Waals surface area contributed by atoms with E-state index in [1.807, 2.05) is 6.07 Å². The molecule has 228 valence electrons. The molecule has 2 atom stereocenters. The molecule has 0 bridgehead atoms. The van der Waals surface area contributed by atoms with E-state index in [0.717, 1.165) is 50.0 Å². The van der Waals surface area contributed by atoms with Crippen molar-refractivity contribution in [1.29, 1.82) is 0 Å². The minimum absolute atomic E-state index is 0.0734. The number of aromatic nitrogens is 2. The van der Waals surface area contributed by atoms with Gasteiger partial charge in [0.05, 0.1) is 38.3 Å². The zero-order valence-corrected chi connectivity index (χ0v) is 26.8. The number of esters is 1. The van der Waals surface area contributed by atoms with Gasteiger partial charge in [0.25, 0.3) is 5.88 Å². The Labute approximate surface area is 253 Å². The lowest BCUT2D eigenvalue weighted by Gasteiger charge is -2.42.